The molecule has 12 heteroatoms. The van der Waals surface area contributed by atoms with Gasteiger partial charge >= 0.3 is 0 Å². The normalized spacial score (nSPS) is 14.1. The molecule has 8 aromatic rings. The van der Waals surface area contributed by atoms with Crippen molar-refractivity contribution in [2.75, 3.05) is 29.1 Å². The Hall–Kier alpha value is -6.50. The lowest BCUT2D eigenvalue weighted by atomic mass is 10.1. The number of allylic oxidation sites excluding steroid dienone is 2. The Labute approximate surface area is 317 Å². The first kappa shape index (κ1) is 34.3. The number of fused-ring (bicyclic) bond motifs is 4. The van der Waals surface area contributed by atoms with Crippen LogP contribution in [-0.4, -0.2) is 46.9 Å². The molecule has 0 fully saturated rings. The molecule has 0 bridgehead atoms. The van der Waals surface area contributed by atoms with Crippen LogP contribution in [0.1, 0.15) is 19.2 Å². The van der Waals surface area contributed by atoms with E-state index in [0.29, 0.717) is 30.5 Å². The molecule has 55 heavy (non-hydrogen) atoms. The standard InChI is InChI=1S/C43H36N6O5S/c1-3-47-37-28-30(43-45-33-16-8-10-18-39(33)54-43)22-24-35(37)49(31-13-5-4-6-14-31)41(47)20-11-19-40-46(2)34-23-21-29(42-44-32-15-7-9-17-38(32)53-42)27-36(34)48(40)25-12-26-55(50,51)52/h4-11,13-24,27-28H,3,12,25-26H2,1-2H3/p+1. The number of aryl methyl sites for hydroxylation is 1. The Morgan fingerprint density at radius 1 is 0.782 bits per heavy atom. The predicted octanol–water partition coefficient (Wildman–Crippen LogP) is 8.64. The van der Waals surface area contributed by atoms with Gasteiger partial charge in [0, 0.05) is 36.9 Å². The summed E-state index contributed by atoms with van der Waals surface area (Å²) in [5.74, 6) is 2.52. The number of hydrogen-bond donors (Lipinski definition) is 1. The maximum Gasteiger partial charge on any atom is 0.287 e. The van der Waals surface area contributed by atoms with Crippen molar-refractivity contribution in [2.45, 2.75) is 19.9 Å². The van der Waals surface area contributed by atoms with Gasteiger partial charge in [-0.3, -0.25) is 4.55 Å². The zero-order valence-electron chi connectivity index (χ0n) is 30.2. The number of hydrogen-bond acceptors (Lipinski definition) is 8. The zero-order chi connectivity index (χ0) is 37.7. The number of anilines is 2. The summed E-state index contributed by atoms with van der Waals surface area (Å²) in [6, 6.07) is 38.0. The van der Waals surface area contributed by atoms with Crippen molar-refractivity contribution in [3.8, 4) is 28.6 Å². The molecule has 0 atom stereocenters. The van der Waals surface area contributed by atoms with Crippen LogP contribution in [-0.2, 0) is 16.7 Å². The highest BCUT2D eigenvalue weighted by molar-refractivity contribution is 7.85. The van der Waals surface area contributed by atoms with E-state index >= 15 is 0 Å². The lowest BCUT2D eigenvalue weighted by Crippen LogP contribution is -2.35. The molecule has 0 aliphatic carbocycles. The molecule has 1 aliphatic rings. The Morgan fingerprint density at radius 2 is 1.42 bits per heavy atom. The first-order chi connectivity index (χ1) is 26.8. The number of imidazole rings is 1. The van der Waals surface area contributed by atoms with E-state index in [1.54, 1.807) is 0 Å². The predicted molar refractivity (Wildman–Crippen MR) is 215 cm³/mol. The highest BCUT2D eigenvalue weighted by atomic mass is 32.2. The minimum Gasteiger partial charge on any atom is -0.436 e. The summed E-state index contributed by atoms with van der Waals surface area (Å²) in [6.45, 7) is 3.18. The van der Waals surface area contributed by atoms with E-state index in [1.165, 1.54) is 0 Å². The van der Waals surface area contributed by atoms with Gasteiger partial charge in [-0.05, 0) is 86.2 Å². The highest BCUT2D eigenvalue weighted by Gasteiger charge is 2.30. The van der Waals surface area contributed by atoms with Crippen LogP contribution in [0.2, 0.25) is 0 Å². The van der Waals surface area contributed by atoms with Crippen molar-refractivity contribution in [3.05, 3.63) is 139 Å². The molecule has 0 unspecified atom stereocenters. The third-order valence-corrected chi connectivity index (χ3v) is 10.8. The maximum absolute atomic E-state index is 11.7. The lowest BCUT2D eigenvalue weighted by Gasteiger charge is -2.22. The van der Waals surface area contributed by atoms with Crippen molar-refractivity contribution in [2.24, 2.45) is 0 Å². The fourth-order valence-corrected chi connectivity index (χ4v) is 7.91. The van der Waals surface area contributed by atoms with E-state index < -0.39 is 10.1 Å². The minimum absolute atomic E-state index is 0.223. The van der Waals surface area contributed by atoms with E-state index in [2.05, 4.69) is 56.2 Å². The van der Waals surface area contributed by atoms with Crippen LogP contribution in [0.15, 0.2) is 142 Å². The van der Waals surface area contributed by atoms with Crippen molar-refractivity contribution in [3.63, 3.8) is 0 Å². The van der Waals surface area contributed by atoms with E-state index in [0.717, 1.165) is 67.5 Å². The molecular weight excluding hydrogens is 713 g/mol. The Balaban J connectivity index is 1.13. The average Bonchev–Trinajstić information content (AvgIpc) is 3.96. The van der Waals surface area contributed by atoms with Gasteiger partial charge in [0.1, 0.15) is 22.5 Å². The Kier molecular flexibility index (Phi) is 8.56. The monoisotopic (exact) mass is 749 g/mol. The third-order valence-electron chi connectivity index (χ3n) is 9.95. The van der Waals surface area contributed by atoms with E-state index in [1.807, 2.05) is 110 Å². The molecular formula is C43H37N6O5S+. The lowest BCUT2D eigenvalue weighted by molar-refractivity contribution is -0.670. The molecule has 3 aromatic heterocycles. The van der Waals surface area contributed by atoms with Crippen LogP contribution in [0.5, 0.6) is 0 Å². The molecule has 5 aromatic carbocycles. The molecule has 4 heterocycles. The third kappa shape index (κ3) is 6.34. The number of aromatic nitrogens is 4. The van der Waals surface area contributed by atoms with Crippen LogP contribution in [0.4, 0.5) is 11.4 Å². The Morgan fingerprint density at radius 3 is 2.07 bits per heavy atom. The van der Waals surface area contributed by atoms with Gasteiger partial charge in [0.25, 0.3) is 15.9 Å². The van der Waals surface area contributed by atoms with Crippen molar-refractivity contribution in [1.82, 2.24) is 14.5 Å². The van der Waals surface area contributed by atoms with E-state index in [9.17, 15) is 13.0 Å². The second-order valence-corrected chi connectivity index (χ2v) is 15.0. The van der Waals surface area contributed by atoms with Crippen molar-refractivity contribution >= 4 is 60.8 Å². The fraction of sp³-hybridized carbons (Fsp3) is 0.140. The summed E-state index contributed by atoms with van der Waals surface area (Å²) in [5.41, 5.74) is 9.62. The molecule has 0 saturated heterocycles. The van der Waals surface area contributed by atoms with Crippen LogP contribution >= 0.6 is 0 Å². The smallest absolute Gasteiger partial charge is 0.287 e. The van der Waals surface area contributed by atoms with Gasteiger partial charge in [-0.15, -0.1) is 0 Å². The second-order valence-electron chi connectivity index (χ2n) is 13.4. The number of para-hydroxylation sites is 5. The molecule has 11 nitrogen and oxygen atoms in total. The van der Waals surface area contributed by atoms with Gasteiger partial charge < -0.3 is 18.6 Å². The SMILES string of the molecule is CC[n+]1c(/C=C/C=C2\N(C)c3ccc(-c4nc5ccccc5o4)cc3N2CCCS(=O)(=O)O)n(-c2ccccc2)c2ccc(-c3nc4ccccc4o3)cc21. The first-order valence-electron chi connectivity index (χ1n) is 18.1. The topological polar surface area (TPSA) is 122 Å². The molecule has 1 aliphatic heterocycles. The largest absolute Gasteiger partial charge is 0.436 e. The highest BCUT2D eigenvalue weighted by Crippen LogP contribution is 2.43. The number of benzene rings is 5. The van der Waals surface area contributed by atoms with Crippen LogP contribution in [0.3, 0.4) is 0 Å². The second kappa shape index (κ2) is 13.7. The van der Waals surface area contributed by atoms with E-state index in [-0.39, 0.29) is 12.2 Å². The molecule has 0 spiro atoms. The number of rotatable bonds is 10. The summed E-state index contributed by atoms with van der Waals surface area (Å²) >= 11 is 0. The fourth-order valence-electron chi connectivity index (χ4n) is 7.41. The van der Waals surface area contributed by atoms with Gasteiger partial charge in [0.2, 0.25) is 11.8 Å². The molecule has 274 valence electrons. The Bertz CT molecular complexity index is 2840. The molecule has 0 radical (unpaired) electrons. The van der Waals surface area contributed by atoms with Crippen molar-refractivity contribution < 1.29 is 26.4 Å². The summed E-state index contributed by atoms with van der Waals surface area (Å²) in [4.78, 5) is 13.6. The average molecular weight is 750 g/mol. The van der Waals surface area contributed by atoms with Gasteiger partial charge in [-0.1, -0.05) is 48.5 Å². The van der Waals surface area contributed by atoms with Gasteiger partial charge in [-0.25, -0.2) is 14.5 Å². The zero-order valence-corrected chi connectivity index (χ0v) is 31.0. The number of nitrogens with zero attached hydrogens (tertiary/aromatic N) is 6. The van der Waals surface area contributed by atoms with Crippen LogP contribution in [0.25, 0.3) is 67.9 Å². The minimum atomic E-state index is -4.14. The number of oxazole rings is 2. The van der Waals surface area contributed by atoms with Crippen LogP contribution < -0.4 is 14.4 Å². The van der Waals surface area contributed by atoms with Crippen LogP contribution in [0, 0.1) is 0 Å². The first-order valence-corrected chi connectivity index (χ1v) is 19.7. The quantitative estimate of drug-likeness (QED) is 0.108. The van der Waals surface area contributed by atoms with Gasteiger partial charge in [-0.2, -0.15) is 13.0 Å². The van der Waals surface area contributed by atoms with Crippen molar-refractivity contribution in [1.29, 1.82) is 0 Å². The molecule has 0 amide bonds. The molecule has 0 saturated carbocycles. The maximum atomic E-state index is 11.7. The summed E-state index contributed by atoms with van der Waals surface area (Å²) in [5, 5.41) is 0. The van der Waals surface area contributed by atoms with Gasteiger partial charge in [0.05, 0.1) is 23.7 Å². The summed E-state index contributed by atoms with van der Waals surface area (Å²) in [7, 11) is -2.15. The summed E-state index contributed by atoms with van der Waals surface area (Å²) in [6.07, 6.45) is 6.38. The van der Waals surface area contributed by atoms with E-state index in [4.69, 9.17) is 18.8 Å². The van der Waals surface area contributed by atoms with Gasteiger partial charge in [0.15, 0.2) is 22.2 Å². The molecule has 9 rings (SSSR count). The summed E-state index contributed by atoms with van der Waals surface area (Å²) < 4.78 is 49.8. The molecule has 1 N–H and O–H groups in total.